The van der Waals surface area contributed by atoms with Crippen LogP contribution in [0.15, 0.2) is 29.4 Å². The maximum Gasteiger partial charge on any atom is 0.277 e. The summed E-state index contributed by atoms with van der Waals surface area (Å²) < 4.78 is 16.2. The molecule has 2 aromatic carbocycles. The molecule has 2 aromatic rings. The summed E-state index contributed by atoms with van der Waals surface area (Å²) >= 11 is 6.15. The minimum atomic E-state index is -0.363. The predicted molar refractivity (Wildman–Crippen MR) is 99.5 cm³/mol. The zero-order valence-electron chi connectivity index (χ0n) is 14.8. The van der Waals surface area contributed by atoms with Gasteiger partial charge in [0.25, 0.3) is 5.91 Å². The van der Waals surface area contributed by atoms with Crippen LogP contribution in [0.2, 0.25) is 5.02 Å². The van der Waals surface area contributed by atoms with E-state index in [1.165, 1.54) is 6.21 Å². The Morgan fingerprint density at radius 3 is 2.69 bits per heavy atom. The highest BCUT2D eigenvalue weighted by molar-refractivity contribution is 6.33. The third-order valence-corrected chi connectivity index (χ3v) is 4.43. The molecule has 0 aromatic heterocycles. The fourth-order valence-corrected chi connectivity index (χ4v) is 2.73. The lowest BCUT2D eigenvalue weighted by molar-refractivity contribution is -0.123. The van der Waals surface area contributed by atoms with Crippen molar-refractivity contribution in [3.8, 4) is 17.2 Å². The van der Waals surface area contributed by atoms with Gasteiger partial charge in [-0.25, -0.2) is 5.43 Å². The molecule has 1 amide bonds. The number of carbonyl (C=O) groups is 1. The Morgan fingerprint density at radius 2 is 1.92 bits per heavy atom. The summed E-state index contributed by atoms with van der Waals surface area (Å²) in [4.78, 5) is 12.0. The molecular weight excluding hydrogens is 356 g/mol. The van der Waals surface area contributed by atoms with Gasteiger partial charge in [0.15, 0.2) is 18.1 Å². The first-order valence-corrected chi connectivity index (χ1v) is 8.44. The van der Waals surface area contributed by atoms with Crippen LogP contribution in [0.1, 0.15) is 22.3 Å². The molecule has 0 unspecified atom stereocenters. The zero-order chi connectivity index (χ0) is 18.7. The predicted octanol–water partition coefficient (Wildman–Crippen LogP) is 3.52. The number of amides is 1. The number of hydrazone groups is 1. The van der Waals surface area contributed by atoms with E-state index in [0.717, 1.165) is 22.4 Å². The van der Waals surface area contributed by atoms with Crippen LogP contribution < -0.4 is 19.6 Å². The third-order valence-electron chi connectivity index (χ3n) is 4.11. The highest BCUT2D eigenvalue weighted by Crippen LogP contribution is 2.36. The van der Waals surface area contributed by atoms with Gasteiger partial charge in [-0.1, -0.05) is 23.7 Å². The van der Waals surface area contributed by atoms with Gasteiger partial charge in [-0.15, -0.1) is 0 Å². The number of halogens is 1. The van der Waals surface area contributed by atoms with Gasteiger partial charge in [-0.3, -0.25) is 4.79 Å². The van der Waals surface area contributed by atoms with E-state index in [0.29, 0.717) is 22.1 Å². The van der Waals surface area contributed by atoms with Crippen molar-refractivity contribution in [2.75, 3.05) is 13.4 Å². The molecule has 0 spiro atoms. The van der Waals surface area contributed by atoms with Crippen molar-refractivity contribution >= 4 is 23.7 Å². The summed E-state index contributed by atoms with van der Waals surface area (Å²) in [5, 5.41) is 4.37. The molecule has 136 valence electrons. The van der Waals surface area contributed by atoms with Crippen LogP contribution in [0, 0.1) is 20.8 Å². The molecule has 6 nitrogen and oxygen atoms in total. The highest BCUT2D eigenvalue weighted by Gasteiger charge is 2.15. The molecule has 3 rings (SSSR count). The number of fused-ring (bicyclic) bond motifs is 1. The molecular formula is C19H19ClN2O4. The minimum absolute atomic E-state index is 0.128. The molecule has 0 bridgehead atoms. The van der Waals surface area contributed by atoms with E-state index in [-0.39, 0.29) is 19.3 Å². The van der Waals surface area contributed by atoms with Gasteiger partial charge in [0.05, 0.1) is 11.2 Å². The summed E-state index contributed by atoms with van der Waals surface area (Å²) in [7, 11) is 0. The first kappa shape index (κ1) is 18.1. The van der Waals surface area contributed by atoms with Crippen LogP contribution in [0.5, 0.6) is 17.2 Å². The fourth-order valence-electron chi connectivity index (χ4n) is 2.52. The van der Waals surface area contributed by atoms with E-state index in [9.17, 15) is 4.79 Å². The molecule has 0 radical (unpaired) electrons. The number of hydrogen-bond donors (Lipinski definition) is 1. The summed E-state index contributed by atoms with van der Waals surface area (Å²) in [5.74, 6) is 1.55. The number of carbonyl (C=O) groups excluding carboxylic acids is 1. The second-order valence-corrected chi connectivity index (χ2v) is 6.37. The van der Waals surface area contributed by atoms with Crippen molar-refractivity contribution in [3.63, 3.8) is 0 Å². The molecule has 0 fully saturated rings. The van der Waals surface area contributed by atoms with E-state index in [2.05, 4.69) is 10.5 Å². The third kappa shape index (κ3) is 3.91. The first-order valence-electron chi connectivity index (χ1n) is 8.06. The molecule has 1 aliphatic rings. The standard InChI is InChI=1S/C19H19ClN2O4/c1-11-4-5-12(2)19(13(11)3)24-9-18(23)22-21-8-14-6-16-17(7-15(14)20)26-10-25-16/h4-8H,9-10H2,1-3H3,(H,22,23)/b21-8-. The average molecular weight is 375 g/mol. The quantitative estimate of drug-likeness (QED) is 0.642. The van der Waals surface area contributed by atoms with Gasteiger partial charge >= 0.3 is 0 Å². The fraction of sp³-hybridized carbons (Fsp3) is 0.263. The number of hydrogen-bond acceptors (Lipinski definition) is 5. The van der Waals surface area contributed by atoms with Crippen molar-refractivity contribution in [1.82, 2.24) is 5.43 Å². The smallest absolute Gasteiger partial charge is 0.277 e. The number of aryl methyl sites for hydroxylation is 2. The molecule has 26 heavy (non-hydrogen) atoms. The van der Waals surface area contributed by atoms with E-state index < -0.39 is 0 Å². The number of ether oxygens (including phenoxy) is 3. The van der Waals surface area contributed by atoms with Crippen LogP contribution in [-0.4, -0.2) is 25.5 Å². The molecule has 0 atom stereocenters. The molecule has 1 heterocycles. The van der Waals surface area contributed by atoms with E-state index in [4.69, 9.17) is 25.8 Å². The Balaban J connectivity index is 1.58. The molecule has 0 aliphatic carbocycles. The number of rotatable bonds is 5. The van der Waals surface area contributed by atoms with Gasteiger partial charge < -0.3 is 14.2 Å². The number of nitrogens with one attached hydrogen (secondary N) is 1. The van der Waals surface area contributed by atoms with Gasteiger partial charge in [0.1, 0.15) is 5.75 Å². The number of benzene rings is 2. The molecule has 1 aliphatic heterocycles. The molecule has 7 heteroatoms. The minimum Gasteiger partial charge on any atom is -0.483 e. The number of nitrogens with zero attached hydrogens (tertiary/aromatic N) is 1. The monoisotopic (exact) mass is 374 g/mol. The highest BCUT2D eigenvalue weighted by atomic mass is 35.5. The largest absolute Gasteiger partial charge is 0.483 e. The Labute approximate surface area is 156 Å². The Hall–Kier alpha value is -2.73. The van der Waals surface area contributed by atoms with Crippen LogP contribution in [-0.2, 0) is 4.79 Å². The Kier molecular flexibility index (Phi) is 5.32. The van der Waals surface area contributed by atoms with Crippen LogP contribution >= 0.6 is 11.6 Å². The van der Waals surface area contributed by atoms with Crippen molar-refractivity contribution in [2.24, 2.45) is 5.10 Å². The second-order valence-electron chi connectivity index (χ2n) is 5.96. The van der Waals surface area contributed by atoms with Crippen molar-refractivity contribution in [2.45, 2.75) is 20.8 Å². The molecule has 1 N–H and O–H groups in total. The van der Waals surface area contributed by atoms with Crippen LogP contribution in [0.3, 0.4) is 0 Å². The Morgan fingerprint density at radius 1 is 1.23 bits per heavy atom. The van der Waals surface area contributed by atoms with Gasteiger partial charge in [-0.05, 0) is 43.5 Å². The lowest BCUT2D eigenvalue weighted by Gasteiger charge is -2.13. The second kappa shape index (κ2) is 7.66. The summed E-state index contributed by atoms with van der Waals surface area (Å²) in [6.07, 6.45) is 1.45. The lowest BCUT2D eigenvalue weighted by Crippen LogP contribution is -2.25. The maximum absolute atomic E-state index is 12.0. The summed E-state index contributed by atoms with van der Waals surface area (Å²) in [6.45, 7) is 5.95. The van der Waals surface area contributed by atoms with Crippen molar-refractivity contribution < 1.29 is 19.0 Å². The SMILES string of the molecule is Cc1ccc(C)c(OCC(=O)N/N=C\c2cc3c(cc2Cl)OCO3)c1C. The Bertz CT molecular complexity index is 880. The van der Waals surface area contributed by atoms with E-state index >= 15 is 0 Å². The average Bonchev–Trinajstić information content (AvgIpc) is 3.05. The summed E-state index contributed by atoms with van der Waals surface area (Å²) in [6, 6.07) is 7.35. The topological polar surface area (TPSA) is 69.2 Å². The van der Waals surface area contributed by atoms with Crippen molar-refractivity contribution in [1.29, 1.82) is 0 Å². The molecule has 0 saturated heterocycles. The van der Waals surface area contributed by atoms with Crippen LogP contribution in [0.25, 0.3) is 0 Å². The maximum atomic E-state index is 12.0. The van der Waals surface area contributed by atoms with Crippen molar-refractivity contribution in [3.05, 3.63) is 51.5 Å². The van der Waals surface area contributed by atoms with Gasteiger partial charge in [-0.2, -0.15) is 5.10 Å². The zero-order valence-corrected chi connectivity index (χ0v) is 15.5. The van der Waals surface area contributed by atoms with E-state index in [1.54, 1.807) is 12.1 Å². The summed E-state index contributed by atoms with van der Waals surface area (Å²) in [5.41, 5.74) is 6.16. The molecule has 0 saturated carbocycles. The van der Waals surface area contributed by atoms with Crippen LogP contribution in [0.4, 0.5) is 0 Å². The lowest BCUT2D eigenvalue weighted by atomic mass is 10.1. The van der Waals surface area contributed by atoms with Gasteiger partial charge in [0, 0.05) is 11.6 Å². The van der Waals surface area contributed by atoms with Gasteiger partial charge in [0.2, 0.25) is 6.79 Å². The first-order chi connectivity index (χ1) is 12.5. The van der Waals surface area contributed by atoms with E-state index in [1.807, 2.05) is 32.9 Å². The normalized spacial score (nSPS) is 12.5.